The molecule has 1 aromatic rings. The maximum atomic E-state index is 11.5. The third kappa shape index (κ3) is 1.61. The fourth-order valence-corrected chi connectivity index (χ4v) is 2.46. The summed E-state index contributed by atoms with van der Waals surface area (Å²) in [6.07, 6.45) is 1.59. The third-order valence-electron chi connectivity index (χ3n) is 3.39. The molecule has 0 N–H and O–H groups in total. The monoisotopic (exact) mass is 217 g/mol. The fourth-order valence-electron chi connectivity index (χ4n) is 2.46. The Morgan fingerprint density at radius 2 is 1.94 bits per heavy atom. The molecule has 16 heavy (non-hydrogen) atoms. The number of hydrogen-bond acceptors (Lipinski definition) is 3. The molecular formula is C13H15NO2. The Hall–Kier alpha value is -1.35. The quantitative estimate of drug-likeness (QED) is 0.716. The zero-order valence-electron chi connectivity index (χ0n) is 9.24. The number of rotatable bonds is 1. The number of aryl methyl sites for hydroxylation is 1. The van der Waals surface area contributed by atoms with Crippen LogP contribution in [-0.4, -0.2) is 32.1 Å². The summed E-state index contributed by atoms with van der Waals surface area (Å²) in [5.41, 5.74) is 3.38. The van der Waals surface area contributed by atoms with Crippen LogP contribution in [0.5, 0.6) is 0 Å². The molecule has 3 nitrogen and oxygen atoms in total. The van der Waals surface area contributed by atoms with Crippen LogP contribution in [0.2, 0.25) is 0 Å². The van der Waals surface area contributed by atoms with Gasteiger partial charge in [-0.15, -0.1) is 0 Å². The van der Waals surface area contributed by atoms with E-state index in [4.69, 9.17) is 4.74 Å². The maximum Gasteiger partial charge on any atom is 0.163 e. The van der Waals surface area contributed by atoms with Gasteiger partial charge in [-0.1, -0.05) is 0 Å². The van der Waals surface area contributed by atoms with E-state index in [0.717, 1.165) is 38.3 Å². The lowest BCUT2D eigenvalue weighted by Gasteiger charge is -2.29. The van der Waals surface area contributed by atoms with Gasteiger partial charge in [-0.2, -0.15) is 0 Å². The molecule has 1 aromatic carbocycles. The number of Topliss-reactive ketones (excluding diaryl/α,β-unsaturated/α-hetero) is 1. The molecule has 0 aromatic heterocycles. The summed E-state index contributed by atoms with van der Waals surface area (Å²) in [5, 5.41) is 0. The van der Waals surface area contributed by atoms with Crippen molar-refractivity contribution in [1.29, 1.82) is 0 Å². The highest BCUT2D eigenvalue weighted by atomic mass is 16.5. The van der Waals surface area contributed by atoms with Gasteiger partial charge in [0.25, 0.3) is 0 Å². The van der Waals surface area contributed by atoms with E-state index in [9.17, 15) is 4.79 Å². The highest BCUT2D eigenvalue weighted by Crippen LogP contribution is 2.27. The second kappa shape index (κ2) is 3.91. The molecule has 3 heteroatoms. The van der Waals surface area contributed by atoms with Crippen molar-refractivity contribution in [1.82, 2.24) is 0 Å². The average molecular weight is 217 g/mol. The van der Waals surface area contributed by atoms with Crippen LogP contribution in [0.1, 0.15) is 22.3 Å². The number of carbonyl (C=O) groups excluding carboxylic acids is 1. The Labute approximate surface area is 95.0 Å². The number of anilines is 1. The van der Waals surface area contributed by atoms with Gasteiger partial charge in [0, 0.05) is 30.8 Å². The van der Waals surface area contributed by atoms with E-state index in [-0.39, 0.29) is 0 Å². The van der Waals surface area contributed by atoms with Crippen molar-refractivity contribution < 1.29 is 9.53 Å². The second-order valence-corrected chi connectivity index (χ2v) is 4.36. The van der Waals surface area contributed by atoms with Crippen molar-refractivity contribution in [2.45, 2.75) is 12.8 Å². The second-order valence-electron chi connectivity index (χ2n) is 4.36. The number of hydrogen-bond donors (Lipinski definition) is 0. The summed E-state index contributed by atoms with van der Waals surface area (Å²) in [7, 11) is 0. The van der Waals surface area contributed by atoms with Gasteiger partial charge < -0.3 is 9.64 Å². The molecule has 3 rings (SSSR count). The number of benzene rings is 1. The van der Waals surface area contributed by atoms with Crippen LogP contribution in [0.3, 0.4) is 0 Å². The molecule has 0 saturated carbocycles. The number of ketones is 1. The Morgan fingerprint density at radius 1 is 1.12 bits per heavy atom. The summed E-state index contributed by atoms with van der Waals surface area (Å²) in [6, 6.07) is 6.22. The predicted octanol–water partition coefficient (Wildman–Crippen LogP) is 1.65. The molecule has 1 saturated heterocycles. The summed E-state index contributed by atoms with van der Waals surface area (Å²) >= 11 is 0. The fraction of sp³-hybridized carbons (Fsp3) is 0.462. The van der Waals surface area contributed by atoms with Crippen LogP contribution in [0.4, 0.5) is 5.69 Å². The van der Waals surface area contributed by atoms with Crippen molar-refractivity contribution in [3.05, 3.63) is 29.3 Å². The van der Waals surface area contributed by atoms with Gasteiger partial charge in [0.05, 0.1) is 13.2 Å². The van der Waals surface area contributed by atoms with Gasteiger partial charge in [0.2, 0.25) is 0 Å². The molecule has 1 aliphatic carbocycles. The largest absolute Gasteiger partial charge is 0.378 e. The molecule has 1 aliphatic heterocycles. The standard InChI is InChI=1S/C13H15NO2/c15-13-4-1-10-9-11(2-3-12(10)13)14-5-7-16-8-6-14/h2-3,9H,1,4-8H2. The summed E-state index contributed by atoms with van der Waals surface area (Å²) in [5.74, 6) is 0.295. The molecule has 1 fully saturated rings. The molecule has 2 aliphatic rings. The number of morpholine rings is 1. The summed E-state index contributed by atoms with van der Waals surface area (Å²) < 4.78 is 5.34. The smallest absolute Gasteiger partial charge is 0.163 e. The Balaban J connectivity index is 1.89. The van der Waals surface area contributed by atoms with E-state index in [1.54, 1.807) is 0 Å². The van der Waals surface area contributed by atoms with E-state index in [2.05, 4.69) is 17.0 Å². The minimum Gasteiger partial charge on any atom is -0.378 e. The number of ether oxygens (including phenoxy) is 1. The van der Waals surface area contributed by atoms with Gasteiger partial charge in [-0.25, -0.2) is 0 Å². The minimum absolute atomic E-state index is 0.295. The van der Waals surface area contributed by atoms with Crippen LogP contribution >= 0.6 is 0 Å². The van der Waals surface area contributed by atoms with Crippen molar-refractivity contribution >= 4 is 11.5 Å². The molecule has 1 heterocycles. The predicted molar refractivity (Wildman–Crippen MR) is 62.1 cm³/mol. The Bertz CT molecular complexity index is 422. The topological polar surface area (TPSA) is 29.5 Å². The Morgan fingerprint density at radius 3 is 2.75 bits per heavy atom. The summed E-state index contributed by atoms with van der Waals surface area (Å²) in [4.78, 5) is 13.8. The first-order valence-electron chi connectivity index (χ1n) is 5.83. The van der Waals surface area contributed by atoms with E-state index < -0.39 is 0 Å². The van der Waals surface area contributed by atoms with E-state index in [1.165, 1.54) is 11.3 Å². The van der Waals surface area contributed by atoms with Crippen molar-refractivity contribution in [2.75, 3.05) is 31.2 Å². The lowest BCUT2D eigenvalue weighted by atomic mass is 10.1. The van der Waals surface area contributed by atoms with Crippen molar-refractivity contribution in [3.8, 4) is 0 Å². The van der Waals surface area contributed by atoms with Gasteiger partial charge in [-0.05, 0) is 30.2 Å². The Kier molecular flexibility index (Phi) is 2.40. The van der Waals surface area contributed by atoms with Gasteiger partial charge in [0.1, 0.15) is 0 Å². The first kappa shape index (κ1) is 9.85. The van der Waals surface area contributed by atoms with Crippen molar-refractivity contribution in [2.24, 2.45) is 0 Å². The molecular weight excluding hydrogens is 202 g/mol. The number of fused-ring (bicyclic) bond motifs is 1. The van der Waals surface area contributed by atoms with E-state index >= 15 is 0 Å². The SMILES string of the molecule is O=C1CCc2cc(N3CCOCC3)ccc21. The minimum atomic E-state index is 0.295. The van der Waals surface area contributed by atoms with Gasteiger partial charge >= 0.3 is 0 Å². The molecule has 84 valence electrons. The van der Waals surface area contributed by atoms with E-state index in [1.807, 2.05) is 6.07 Å². The zero-order valence-corrected chi connectivity index (χ0v) is 9.24. The van der Waals surface area contributed by atoms with Crippen LogP contribution in [0.25, 0.3) is 0 Å². The van der Waals surface area contributed by atoms with Gasteiger partial charge in [-0.3, -0.25) is 4.79 Å². The highest BCUT2D eigenvalue weighted by molar-refractivity contribution is 6.00. The van der Waals surface area contributed by atoms with E-state index in [0.29, 0.717) is 12.2 Å². The molecule has 0 bridgehead atoms. The normalized spacial score (nSPS) is 20.0. The highest BCUT2D eigenvalue weighted by Gasteiger charge is 2.20. The molecule has 0 amide bonds. The zero-order chi connectivity index (χ0) is 11.0. The molecule has 0 radical (unpaired) electrons. The van der Waals surface area contributed by atoms with Crippen LogP contribution in [0.15, 0.2) is 18.2 Å². The molecule has 0 unspecified atom stereocenters. The molecule has 0 atom stereocenters. The first-order chi connectivity index (χ1) is 7.84. The number of carbonyl (C=O) groups is 1. The maximum absolute atomic E-state index is 11.5. The lowest BCUT2D eigenvalue weighted by molar-refractivity contribution is 0.0994. The molecule has 0 spiro atoms. The third-order valence-corrected chi connectivity index (χ3v) is 3.39. The van der Waals surface area contributed by atoms with Gasteiger partial charge in [0.15, 0.2) is 5.78 Å². The van der Waals surface area contributed by atoms with Crippen LogP contribution in [-0.2, 0) is 11.2 Å². The van der Waals surface area contributed by atoms with Crippen molar-refractivity contribution in [3.63, 3.8) is 0 Å². The number of nitrogens with zero attached hydrogens (tertiary/aromatic N) is 1. The van der Waals surface area contributed by atoms with Crippen LogP contribution < -0.4 is 4.90 Å². The lowest BCUT2D eigenvalue weighted by Crippen LogP contribution is -2.36. The summed E-state index contributed by atoms with van der Waals surface area (Å²) in [6.45, 7) is 3.51. The van der Waals surface area contributed by atoms with Crippen LogP contribution in [0, 0.1) is 0 Å². The average Bonchev–Trinajstić information content (AvgIpc) is 2.72. The first-order valence-corrected chi connectivity index (χ1v) is 5.83.